The topological polar surface area (TPSA) is 55.1 Å². The summed E-state index contributed by atoms with van der Waals surface area (Å²) in [5, 5.41) is 2.29. The summed E-state index contributed by atoms with van der Waals surface area (Å²) >= 11 is 0. The first-order chi connectivity index (χ1) is 8.40. The van der Waals surface area contributed by atoms with Gasteiger partial charge in [-0.2, -0.15) is 13.2 Å². The smallest absolute Gasteiger partial charge is 0.351 e. The molecule has 0 aliphatic carbocycles. The fourth-order valence-corrected chi connectivity index (χ4v) is 1.55. The Balaban J connectivity index is 2.50. The van der Waals surface area contributed by atoms with E-state index in [0.717, 1.165) is 5.56 Å². The Kier molecular flexibility index (Phi) is 5.15. The molecule has 0 fully saturated rings. The number of hydrogen-bond acceptors (Lipinski definition) is 2. The van der Waals surface area contributed by atoms with Crippen LogP contribution in [0.3, 0.4) is 0 Å². The van der Waals surface area contributed by atoms with Crippen LogP contribution in [0.2, 0.25) is 0 Å². The molecule has 1 unspecified atom stereocenters. The number of amides is 1. The van der Waals surface area contributed by atoms with Gasteiger partial charge in [-0.15, -0.1) is 0 Å². The van der Waals surface area contributed by atoms with Crippen molar-refractivity contribution in [2.75, 3.05) is 6.54 Å². The molecule has 0 aromatic heterocycles. The lowest BCUT2D eigenvalue weighted by Crippen LogP contribution is -2.43. The van der Waals surface area contributed by atoms with Crippen LogP contribution in [0.4, 0.5) is 13.2 Å². The molecule has 0 aliphatic rings. The predicted octanol–water partition coefficient (Wildman–Crippen LogP) is 1.62. The molecule has 0 radical (unpaired) electrons. The first-order valence-corrected chi connectivity index (χ1v) is 5.51. The Hall–Kier alpha value is -1.56. The second-order valence-corrected chi connectivity index (χ2v) is 3.98. The normalized spacial score (nSPS) is 13.1. The van der Waals surface area contributed by atoms with Crippen molar-refractivity contribution in [3.8, 4) is 0 Å². The summed E-state index contributed by atoms with van der Waals surface area (Å²) < 4.78 is 36.0. The van der Waals surface area contributed by atoms with E-state index in [-0.39, 0.29) is 6.54 Å². The van der Waals surface area contributed by atoms with Gasteiger partial charge in [0.2, 0.25) is 5.91 Å². The minimum atomic E-state index is -4.49. The van der Waals surface area contributed by atoms with E-state index in [1.165, 1.54) is 0 Å². The van der Waals surface area contributed by atoms with Gasteiger partial charge < -0.3 is 11.1 Å². The first kappa shape index (κ1) is 14.5. The molecule has 0 heterocycles. The third-order valence-corrected chi connectivity index (χ3v) is 2.34. The molecule has 0 saturated heterocycles. The molecule has 18 heavy (non-hydrogen) atoms. The maximum absolute atomic E-state index is 12.0. The van der Waals surface area contributed by atoms with Crippen LogP contribution in [0.1, 0.15) is 12.0 Å². The van der Waals surface area contributed by atoms with Gasteiger partial charge in [0.1, 0.15) is 6.42 Å². The molecule has 0 spiro atoms. The molecule has 1 atom stereocenters. The Morgan fingerprint density at radius 1 is 1.28 bits per heavy atom. The van der Waals surface area contributed by atoms with Gasteiger partial charge in [0, 0.05) is 12.6 Å². The summed E-state index contributed by atoms with van der Waals surface area (Å²) in [5.41, 5.74) is 6.35. The number of halogens is 3. The van der Waals surface area contributed by atoms with Crippen LogP contribution in [-0.2, 0) is 11.2 Å². The molecule has 1 rings (SSSR count). The summed E-state index contributed by atoms with van der Waals surface area (Å²) in [6.45, 7) is 0.0957. The van der Waals surface area contributed by atoms with Crippen molar-refractivity contribution in [2.45, 2.75) is 25.1 Å². The molecule has 6 heteroatoms. The molecule has 0 saturated carbocycles. The fourth-order valence-electron chi connectivity index (χ4n) is 1.55. The zero-order valence-corrected chi connectivity index (χ0v) is 9.70. The highest BCUT2D eigenvalue weighted by Gasteiger charge is 2.31. The van der Waals surface area contributed by atoms with E-state index >= 15 is 0 Å². The van der Waals surface area contributed by atoms with E-state index in [2.05, 4.69) is 5.32 Å². The van der Waals surface area contributed by atoms with Gasteiger partial charge in [-0.3, -0.25) is 4.79 Å². The van der Waals surface area contributed by atoms with Crippen molar-refractivity contribution in [1.82, 2.24) is 5.32 Å². The molecule has 1 aromatic carbocycles. The molecular weight excluding hydrogens is 245 g/mol. The first-order valence-electron chi connectivity index (χ1n) is 5.51. The zero-order valence-electron chi connectivity index (χ0n) is 9.70. The number of hydrogen-bond donors (Lipinski definition) is 2. The summed E-state index contributed by atoms with van der Waals surface area (Å²) in [7, 11) is 0. The largest absolute Gasteiger partial charge is 0.397 e. The standard InChI is InChI=1S/C12H15F3N2O/c13-12(14,15)7-11(18)17-10(8-16)6-9-4-2-1-3-5-9/h1-5,10H,6-8,16H2,(H,17,18). The van der Waals surface area contributed by atoms with Gasteiger partial charge in [0.15, 0.2) is 0 Å². The van der Waals surface area contributed by atoms with Crippen molar-refractivity contribution < 1.29 is 18.0 Å². The minimum absolute atomic E-state index is 0.0957. The van der Waals surface area contributed by atoms with Crippen molar-refractivity contribution in [3.05, 3.63) is 35.9 Å². The van der Waals surface area contributed by atoms with Crippen LogP contribution in [0.5, 0.6) is 0 Å². The Bertz CT molecular complexity index is 379. The monoisotopic (exact) mass is 260 g/mol. The highest BCUT2D eigenvalue weighted by molar-refractivity contribution is 5.76. The second-order valence-electron chi connectivity index (χ2n) is 3.98. The van der Waals surface area contributed by atoms with E-state index in [1.807, 2.05) is 30.3 Å². The van der Waals surface area contributed by atoms with Crippen LogP contribution in [0, 0.1) is 0 Å². The zero-order chi connectivity index (χ0) is 13.6. The van der Waals surface area contributed by atoms with E-state index < -0.39 is 24.5 Å². The molecule has 3 N–H and O–H groups in total. The highest BCUT2D eigenvalue weighted by Crippen LogP contribution is 2.19. The van der Waals surface area contributed by atoms with Crippen LogP contribution in [0.25, 0.3) is 0 Å². The lowest BCUT2D eigenvalue weighted by atomic mass is 10.1. The Labute approximate surface area is 103 Å². The fraction of sp³-hybridized carbons (Fsp3) is 0.417. The van der Waals surface area contributed by atoms with Crippen LogP contribution in [0.15, 0.2) is 30.3 Å². The summed E-state index contributed by atoms with van der Waals surface area (Å²) in [6, 6.07) is 8.66. The number of carbonyl (C=O) groups is 1. The molecule has 0 aliphatic heterocycles. The quantitative estimate of drug-likeness (QED) is 0.845. The molecule has 1 amide bonds. The third-order valence-electron chi connectivity index (χ3n) is 2.34. The number of alkyl halides is 3. The summed E-state index contributed by atoms with van der Waals surface area (Å²) in [5.74, 6) is -1.05. The molecule has 100 valence electrons. The van der Waals surface area contributed by atoms with Crippen LogP contribution in [-0.4, -0.2) is 24.7 Å². The van der Waals surface area contributed by atoms with Crippen LogP contribution >= 0.6 is 0 Å². The maximum atomic E-state index is 12.0. The highest BCUT2D eigenvalue weighted by atomic mass is 19.4. The maximum Gasteiger partial charge on any atom is 0.397 e. The average Bonchev–Trinajstić information content (AvgIpc) is 2.27. The number of nitrogens with two attached hydrogens (primary N) is 1. The molecule has 3 nitrogen and oxygen atoms in total. The van der Waals surface area contributed by atoms with E-state index in [9.17, 15) is 18.0 Å². The SMILES string of the molecule is NCC(Cc1ccccc1)NC(=O)CC(F)(F)F. The van der Waals surface area contributed by atoms with E-state index in [0.29, 0.717) is 6.42 Å². The van der Waals surface area contributed by atoms with Gasteiger partial charge >= 0.3 is 6.18 Å². The second kappa shape index (κ2) is 6.39. The average molecular weight is 260 g/mol. The minimum Gasteiger partial charge on any atom is -0.351 e. The lowest BCUT2D eigenvalue weighted by Gasteiger charge is -2.17. The van der Waals surface area contributed by atoms with Crippen LogP contribution < -0.4 is 11.1 Å². The lowest BCUT2D eigenvalue weighted by molar-refractivity contribution is -0.154. The molecule has 0 bridgehead atoms. The molecular formula is C12H15F3N2O. The van der Waals surface area contributed by atoms with Crippen molar-refractivity contribution in [2.24, 2.45) is 5.73 Å². The van der Waals surface area contributed by atoms with Crippen molar-refractivity contribution in [1.29, 1.82) is 0 Å². The van der Waals surface area contributed by atoms with Gasteiger partial charge in [0.05, 0.1) is 0 Å². The van der Waals surface area contributed by atoms with Crippen molar-refractivity contribution >= 4 is 5.91 Å². The number of carbonyl (C=O) groups excluding carboxylic acids is 1. The predicted molar refractivity (Wildman–Crippen MR) is 61.8 cm³/mol. The number of nitrogens with one attached hydrogen (secondary N) is 1. The van der Waals surface area contributed by atoms with Gasteiger partial charge in [0.25, 0.3) is 0 Å². The van der Waals surface area contributed by atoms with Crippen molar-refractivity contribution in [3.63, 3.8) is 0 Å². The summed E-state index contributed by atoms with van der Waals surface area (Å²) in [4.78, 5) is 11.1. The number of rotatable bonds is 5. The van der Waals surface area contributed by atoms with Gasteiger partial charge in [-0.25, -0.2) is 0 Å². The Morgan fingerprint density at radius 3 is 2.39 bits per heavy atom. The van der Waals surface area contributed by atoms with E-state index in [1.54, 1.807) is 0 Å². The van der Waals surface area contributed by atoms with Gasteiger partial charge in [-0.05, 0) is 12.0 Å². The van der Waals surface area contributed by atoms with E-state index in [4.69, 9.17) is 5.73 Å². The summed E-state index contributed by atoms with van der Waals surface area (Å²) in [6.07, 6.45) is -5.55. The Morgan fingerprint density at radius 2 is 1.89 bits per heavy atom. The third kappa shape index (κ3) is 5.67. The number of benzene rings is 1. The van der Waals surface area contributed by atoms with Gasteiger partial charge in [-0.1, -0.05) is 30.3 Å². The molecule has 1 aromatic rings.